The molecule has 0 spiro atoms. The zero-order valence-corrected chi connectivity index (χ0v) is 13.9. The lowest BCUT2D eigenvalue weighted by Crippen LogP contribution is -2.04. The maximum absolute atomic E-state index is 13.5. The third-order valence-electron chi connectivity index (χ3n) is 3.64. The molecule has 0 atom stereocenters. The number of ether oxygens (including phenoxy) is 2. The van der Waals surface area contributed by atoms with Crippen molar-refractivity contribution < 1.29 is 32.4 Å². The maximum Gasteiger partial charge on any atom is 0.339 e. The van der Waals surface area contributed by atoms with E-state index in [9.17, 15) is 18.4 Å². The van der Waals surface area contributed by atoms with E-state index in [4.69, 9.17) is 9.26 Å². The van der Waals surface area contributed by atoms with Gasteiger partial charge in [0.25, 0.3) is 0 Å². The minimum absolute atomic E-state index is 0.110. The van der Waals surface area contributed by atoms with Crippen LogP contribution in [0.5, 0.6) is 5.88 Å². The lowest BCUT2D eigenvalue weighted by atomic mass is 10.1. The number of methoxy groups -OCH3 is 1. The molecular formula is C18H12F2N2O5. The van der Waals surface area contributed by atoms with Crippen LogP contribution in [0.4, 0.5) is 8.78 Å². The van der Waals surface area contributed by atoms with Crippen molar-refractivity contribution >= 4 is 12.3 Å². The number of carbonyl (C=O) groups excluding carboxylic acids is 2. The number of benzene rings is 1. The lowest BCUT2D eigenvalue weighted by molar-refractivity contribution is 0.0600. The Morgan fingerprint density at radius 3 is 2.67 bits per heavy atom. The van der Waals surface area contributed by atoms with Crippen LogP contribution >= 0.6 is 0 Å². The average Bonchev–Trinajstić information content (AvgIpc) is 3.11. The molecule has 0 fully saturated rings. The van der Waals surface area contributed by atoms with Crippen LogP contribution in [0, 0.1) is 11.6 Å². The molecule has 0 unspecified atom stereocenters. The van der Waals surface area contributed by atoms with Crippen LogP contribution < -0.4 is 4.74 Å². The number of rotatable bonds is 6. The van der Waals surface area contributed by atoms with Crippen molar-refractivity contribution in [3.8, 4) is 17.1 Å². The first-order valence-corrected chi connectivity index (χ1v) is 7.59. The Kier molecular flexibility index (Phi) is 5.20. The smallest absolute Gasteiger partial charge is 0.339 e. The summed E-state index contributed by atoms with van der Waals surface area (Å²) in [6.45, 7) is -0.170. The Morgan fingerprint density at radius 2 is 2.04 bits per heavy atom. The molecule has 0 aliphatic heterocycles. The molecule has 0 aliphatic carbocycles. The third kappa shape index (κ3) is 3.81. The molecule has 0 amide bonds. The number of pyridine rings is 1. The van der Waals surface area contributed by atoms with Crippen LogP contribution in [0.15, 0.2) is 41.1 Å². The normalized spacial score (nSPS) is 10.5. The van der Waals surface area contributed by atoms with Gasteiger partial charge in [-0.2, -0.15) is 0 Å². The largest absolute Gasteiger partial charge is 0.473 e. The van der Waals surface area contributed by atoms with Crippen LogP contribution in [0.1, 0.15) is 26.5 Å². The van der Waals surface area contributed by atoms with E-state index in [0.717, 1.165) is 12.1 Å². The number of aldehydes is 1. The number of esters is 1. The van der Waals surface area contributed by atoms with Gasteiger partial charge in [0.05, 0.1) is 18.2 Å². The standard InChI is InChI=1S/C18H12F2N2O5/c1-25-18(24)11-3-5-16(21-7-11)26-9-12-15(8-23)27-22-17(12)10-2-4-13(19)14(20)6-10/h2-8H,9H2,1H3. The molecule has 2 aromatic heterocycles. The van der Waals surface area contributed by atoms with Crippen LogP contribution in [-0.2, 0) is 11.3 Å². The van der Waals surface area contributed by atoms with E-state index in [0.29, 0.717) is 6.29 Å². The highest BCUT2D eigenvalue weighted by atomic mass is 19.2. The highest BCUT2D eigenvalue weighted by molar-refractivity contribution is 5.88. The van der Waals surface area contributed by atoms with Crippen molar-refractivity contribution in [1.29, 1.82) is 0 Å². The van der Waals surface area contributed by atoms with Crippen molar-refractivity contribution in [2.45, 2.75) is 6.61 Å². The summed E-state index contributed by atoms with van der Waals surface area (Å²) in [5.41, 5.74) is 0.848. The van der Waals surface area contributed by atoms with Crippen molar-refractivity contribution in [3.05, 3.63) is 65.1 Å². The minimum Gasteiger partial charge on any atom is -0.473 e. The molecule has 27 heavy (non-hydrogen) atoms. The van der Waals surface area contributed by atoms with E-state index >= 15 is 0 Å². The SMILES string of the molecule is COC(=O)c1ccc(OCc2c(-c3ccc(F)c(F)c3)noc2C=O)nc1. The van der Waals surface area contributed by atoms with Gasteiger partial charge in [-0.1, -0.05) is 5.16 Å². The van der Waals surface area contributed by atoms with Gasteiger partial charge >= 0.3 is 5.97 Å². The Bertz CT molecular complexity index is 986. The lowest BCUT2D eigenvalue weighted by Gasteiger charge is -2.06. The molecule has 7 nitrogen and oxygen atoms in total. The Labute approximate surface area is 151 Å². The van der Waals surface area contributed by atoms with Gasteiger partial charge in [-0.3, -0.25) is 4.79 Å². The van der Waals surface area contributed by atoms with Crippen molar-refractivity contribution in [2.24, 2.45) is 0 Å². The predicted molar refractivity (Wildman–Crippen MR) is 87.2 cm³/mol. The van der Waals surface area contributed by atoms with Gasteiger partial charge in [-0.15, -0.1) is 0 Å². The van der Waals surface area contributed by atoms with Crippen LogP contribution in [0.25, 0.3) is 11.3 Å². The predicted octanol–water partition coefficient (Wildman–Crippen LogP) is 3.19. The number of hydrogen-bond acceptors (Lipinski definition) is 7. The quantitative estimate of drug-likeness (QED) is 0.483. The minimum atomic E-state index is -1.06. The Balaban J connectivity index is 1.84. The number of aromatic nitrogens is 2. The average molecular weight is 374 g/mol. The van der Waals surface area contributed by atoms with Crippen molar-refractivity contribution in [2.75, 3.05) is 7.11 Å². The zero-order chi connectivity index (χ0) is 19.4. The van der Waals surface area contributed by atoms with Gasteiger partial charge in [0.2, 0.25) is 11.6 Å². The third-order valence-corrected chi connectivity index (χ3v) is 3.64. The molecular weight excluding hydrogens is 362 g/mol. The van der Waals surface area contributed by atoms with Gasteiger partial charge < -0.3 is 14.0 Å². The van der Waals surface area contributed by atoms with E-state index in [-0.39, 0.29) is 40.6 Å². The summed E-state index contributed by atoms with van der Waals surface area (Å²) in [4.78, 5) is 26.5. The fourth-order valence-electron chi connectivity index (χ4n) is 2.27. The highest BCUT2D eigenvalue weighted by Gasteiger charge is 2.19. The van der Waals surface area contributed by atoms with Gasteiger partial charge in [-0.25, -0.2) is 18.6 Å². The van der Waals surface area contributed by atoms with E-state index in [1.165, 1.54) is 31.5 Å². The number of hydrogen-bond donors (Lipinski definition) is 0. The molecule has 3 aromatic rings. The molecule has 0 aliphatic rings. The van der Waals surface area contributed by atoms with Gasteiger partial charge in [0.1, 0.15) is 12.3 Å². The second-order valence-electron chi connectivity index (χ2n) is 5.29. The van der Waals surface area contributed by atoms with E-state index < -0.39 is 17.6 Å². The molecule has 3 rings (SSSR count). The van der Waals surface area contributed by atoms with Gasteiger partial charge in [0, 0.05) is 17.8 Å². The number of carbonyl (C=O) groups is 2. The molecule has 1 aromatic carbocycles. The second kappa shape index (κ2) is 7.73. The molecule has 0 saturated heterocycles. The topological polar surface area (TPSA) is 91.5 Å². The molecule has 138 valence electrons. The maximum atomic E-state index is 13.5. The first kappa shape index (κ1) is 18.2. The Hall–Kier alpha value is -3.62. The monoisotopic (exact) mass is 374 g/mol. The van der Waals surface area contributed by atoms with Crippen molar-refractivity contribution in [3.63, 3.8) is 0 Å². The fraction of sp³-hybridized carbons (Fsp3) is 0.111. The van der Waals surface area contributed by atoms with E-state index in [1.54, 1.807) is 0 Å². The van der Waals surface area contributed by atoms with Crippen LogP contribution in [0.2, 0.25) is 0 Å². The van der Waals surface area contributed by atoms with Crippen LogP contribution in [0.3, 0.4) is 0 Å². The van der Waals surface area contributed by atoms with Crippen molar-refractivity contribution in [1.82, 2.24) is 10.1 Å². The molecule has 0 saturated carbocycles. The molecule has 0 bridgehead atoms. The molecule has 0 N–H and O–H groups in total. The van der Waals surface area contributed by atoms with E-state index in [2.05, 4.69) is 14.9 Å². The van der Waals surface area contributed by atoms with Crippen LogP contribution in [-0.4, -0.2) is 29.5 Å². The number of nitrogens with zero attached hydrogens (tertiary/aromatic N) is 2. The summed E-state index contributed by atoms with van der Waals surface area (Å²) in [6, 6.07) is 6.08. The zero-order valence-electron chi connectivity index (χ0n) is 13.9. The summed E-state index contributed by atoms with van der Waals surface area (Å²) >= 11 is 0. The summed E-state index contributed by atoms with van der Waals surface area (Å²) in [6.07, 6.45) is 1.70. The first-order chi connectivity index (χ1) is 13.0. The fourth-order valence-corrected chi connectivity index (χ4v) is 2.27. The van der Waals surface area contributed by atoms with Gasteiger partial charge in [0.15, 0.2) is 17.9 Å². The highest BCUT2D eigenvalue weighted by Crippen LogP contribution is 2.27. The molecule has 2 heterocycles. The summed E-state index contributed by atoms with van der Waals surface area (Å²) in [5, 5.41) is 3.73. The summed E-state index contributed by atoms with van der Waals surface area (Å²) < 4.78 is 41.6. The van der Waals surface area contributed by atoms with Gasteiger partial charge in [-0.05, 0) is 24.3 Å². The second-order valence-corrected chi connectivity index (χ2v) is 5.29. The summed E-state index contributed by atoms with van der Waals surface area (Å²) in [7, 11) is 1.25. The number of halogens is 2. The summed E-state index contributed by atoms with van der Waals surface area (Å²) in [5.74, 6) is -2.56. The van der Waals surface area contributed by atoms with E-state index in [1.807, 2.05) is 0 Å². The first-order valence-electron chi connectivity index (χ1n) is 7.59. The molecule has 0 radical (unpaired) electrons. The molecule has 9 heteroatoms. The Morgan fingerprint density at radius 1 is 1.22 bits per heavy atom.